The van der Waals surface area contributed by atoms with Crippen LogP contribution in [0.5, 0.6) is 0 Å². The van der Waals surface area contributed by atoms with Crippen LogP contribution in [0.4, 0.5) is 5.69 Å². The van der Waals surface area contributed by atoms with Gasteiger partial charge >= 0.3 is 5.97 Å². The van der Waals surface area contributed by atoms with E-state index in [4.69, 9.17) is 9.97 Å². The van der Waals surface area contributed by atoms with Gasteiger partial charge in [0.05, 0.1) is 22.6 Å². The van der Waals surface area contributed by atoms with E-state index in [1.165, 1.54) is 5.56 Å². The number of nitrogens with zero attached hydrogens (tertiary/aromatic N) is 4. The molecule has 1 aliphatic heterocycles. The second kappa shape index (κ2) is 7.86. The van der Waals surface area contributed by atoms with E-state index in [0.29, 0.717) is 18.9 Å². The summed E-state index contributed by atoms with van der Waals surface area (Å²) in [5.74, 6) is -0.0539. The molecule has 4 heterocycles. The molecular weight excluding hydrogens is 416 g/mol. The maximum Gasteiger partial charge on any atom is 0.306 e. The normalized spacial score (nSPS) is 22.9. The number of nitrogens with one attached hydrogen (secondary N) is 2. The van der Waals surface area contributed by atoms with E-state index in [2.05, 4.69) is 38.9 Å². The van der Waals surface area contributed by atoms with Crippen LogP contribution in [0.15, 0.2) is 30.6 Å². The molecule has 3 N–H and O–H groups in total. The fourth-order valence-corrected chi connectivity index (χ4v) is 5.62. The lowest BCUT2D eigenvalue weighted by Gasteiger charge is -2.30. The number of hydrogen-bond acceptors (Lipinski definition) is 5. The third kappa shape index (κ3) is 3.53. The largest absolute Gasteiger partial charge is 0.481 e. The quantitative estimate of drug-likeness (QED) is 0.429. The lowest BCUT2D eigenvalue weighted by atomic mass is 9.85. The van der Waals surface area contributed by atoms with Crippen LogP contribution in [0.3, 0.4) is 0 Å². The summed E-state index contributed by atoms with van der Waals surface area (Å²) in [7, 11) is 0. The summed E-state index contributed by atoms with van der Waals surface area (Å²) in [6.07, 6.45) is 9.57. The molecule has 8 heteroatoms. The Labute approximate surface area is 191 Å². The highest BCUT2D eigenvalue weighted by molar-refractivity contribution is 5.86. The molecule has 1 saturated carbocycles. The first-order valence-electron chi connectivity index (χ1n) is 11.9. The van der Waals surface area contributed by atoms with E-state index in [9.17, 15) is 9.90 Å². The summed E-state index contributed by atoms with van der Waals surface area (Å²) in [5.41, 5.74) is 7.04. The Morgan fingerprint density at radius 2 is 2.12 bits per heavy atom. The van der Waals surface area contributed by atoms with Crippen molar-refractivity contribution in [2.45, 2.75) is 64.0 Å². The molecular formula is C25H28N6O2. The van der Waals surface area contributed by atoms with Gasteiger partial charge in [0.1, 0.15) is 11.3 Å². The Morgan fingerprint density at radius 1 is 1.21 bits per heavy atom. The standard InChI is InChI=1S/C25H28N6O2/c1-14-5-6-18-19(28-14)7-8-21-23(18)30-22(12-16-13-27-20-9-10-26-24(20)29-16)31(21)17-4-2-3-15(11-17)25(32)33/h7-10,13-15,17,28H,2-6,11-12H2,1H3,(H,26,29)(H,32,33)/t14-,15+,17+/m0/s1. The van der Waals surface area contributed by atoms with E-state index in [1.54, 1.807) is 0 Å². The van der Waals surface area contributed by atoms with Crippen molar-refractivity contribution in [1.82, 2.24) is 24.5 Å². The van der Waals surface area contributed by atoms with Crippen molar-refractivity contribution in [3.63, 3.8) is 0 Å². The van der Waals surface area contributed by atoms with Gasteiger partial charge in [0.25, 0.3) is 0 Å². The van der Waals surface area contributed by atoms with Gasteiger partial charge in [-0.15, -0.1) is 0 Å². The summed E-state index contributed by atoms with van der Waals surface area (Å²) in [6, 6.07) is 6.80. The zero-order chi connectivity index (χ0) is 22.5. The lowest BCUT2D eigenvalue weighted by molar-refractivity contribution is -0.143. The van der Waals surface area contributed by atoms with E-state index in [-0.39, 0.29) is 12.0 Å². The Morgan fingerprint density at radius 3 is 3.00 bits per heavy atom. The number of carboxylic acids is 1. The molecule has 1 fully saturated rings. The van der Waals surface area contributed by atoms with Gasteiger partial charge in [-0.2, -0.15) is 0 Å². The van der Waals surface area contributed by atoms with Gasteiger partial charge in [-0.05, 0) is 57.2 Å². The number of imidazole rings is 1. The number of H-pyrrole nitrogens is 1. The first kappa shape index (κ1) is 20.2. The van der Waals surface area contributed by atoms with Crippen molar-refractivity contribution in [3.05, 3.63) is 47.7 Å². The smallest absolute Gasteiger partial charge is 0.306 e. The van der Waals surface area contributed by atoms with Gasteiger partial charge in [0, 0.05) is 42.1 Å². The molecule has 8 nitrogen and oxygen atoms in total. The molecule has 33 heavy (non-hydrogen) atoms. The second-order valence-corrected chi connectivity index (χ2v) is 9.55. The number of aliphatic carboxylic acids is 1. The summed E-state index contributed by atoms with van der Waals surface area (Å²) in [4.78, 5) is 29.3. The monoisotopic (exact) mass is 444 g/mol. The average molecular weight is 445 g/mol. The number of carboxylic acid groups (broad SMARTS) is 1. The Hall–Kier alpha value is -3.42. The van der Waals surface area contributed by atoms with Gasteiger partial charge in [-0.1, -0.05) is 6.42 Å². The third-order valence-electron chi connectivity index (χ3n) is 7.28. The first-order chi connectivity index (χ1) is 16.1. The van der Waals surface area contributed by atoms with Gasteiger partial charge in [0.2, 0.25) is 0 Å². The summed E-state index contributed by atoms with van der Waals surface area (Å²) < 4.78 is 2.31. The molecule has 6 rings (SSSR count). The molecule has 2 aliphatic rings. The number of fused-ring (bicyclic) bond motifs is 4. The van der Waals surface area contributed by atoms with Crippen molar-refractivity contribution < 1.29 is 9.90 Å². The maximum absolute atomic E-state index is 11.8. The molecule has 1 aliphatic carbocycles. The molecule has 3 aromatic heterocycles. The van der Waals surface area contributed by atoms with Crippen molar-refractivity contribution >= 4 is 33.9 Å². The molecule has 0 spiro atoms. The third-order valence-corrected chi connectivity index (χ3v) is 7.28. The minimum Gasteiger partial charge on any atom is -0.481 e. The molecule has 0 unspecified atom stereocenters. The molecule has 170 valence electrons. The van der Waals surface area contributed by atoms with Gasteiger partial charge in [-0.3, -0.25) is 9.78 Å². The number of hydrogen-bond donors (Lipinski definition) is 3. The maximum atomic E-state index is 11.8. The average Bonchev–Trinajstić information content (AvgIpc) is 3.42. The predicted octanol–water partition coefficient (Wildman–Crippen LogP) is 4.46. The summed E-state index contributed by atoms with van der Waals surface area (Å²) in [6.45, 7) is 2.21. The highest BCUT2D eigenvalue weighted by Gasteiger charge is 2.31. The van der Waals surface area contributed by atoms with Gasteiger partial charge < -0.3 is 20.0 Å². The van der Waals surface area contributed by atoms with E-state index < -0.39 is 5.97 Å². The zero-order valence-corrected chi connectivity index (χ0v) is 18.7. The van der Waals surface area contributed by atoms with Crippen molar-refractivity contribution in [1.29, 1.82) is 0 Å². The van der Waals surface area contributed by atoms with Crippen LogP contribution in [0.1, 0.15) is 62.2 Å². The number of aryl methyl sites for hydroxylation is 1. The van der Waals surface area contributed by atoms with Gasteiger partial charge in [-0.25, -0.2) is 9.97 Å². The van der Waals surface area contributed by atoms with Crippen molar-refractivity contribution in [2.75, 3.05) is 5.32 Å². The van der Waals surface area contributed by atoms with Gasteiger partial charge in [0.15, 0.2) is 5.65 Å². The fraction of sp³-hybridized carbons (Fsp3) is 0.440. The van der Waals surface area contributed by atoms with Crippen LogP contribution in [-0.4, -0.2) is 41.6 Å². The Balaban J connectivity index is 1.47. The minimum atomic E-state index is -0.690. The van der Waals surface area contributed by atoms with Crippen molar-refractivity contribution in [3.8, 4) is 0 Å². The zero-order valence-electron chi connectivity index (χ0n) is 18.7. The Bertz CT molecular complexity index is 1360. The van der Waals surface area contributed by atoms with Crippen LogP contribution in [0.2, 0.25) is 0 Å². The topological polar surface area (TPSA) is 109 Å². The van der Waals surface area contributed by atoms with Crippen LogP contribution >= 0.6 is 0 Å². The van der Waals surface area contributed by atoms with E-state index in [1.807, 2.05) is 18.5 Å². The number of carbonyl (C=O) groups is 1. The molecule has 0 amide bonds. The summed E-state index contributed by atoms with van der Waals surface area (Å²) >= 11 is 0. The lowest BCUT2D eigenvalue weighted by Crippen LogP contribution is -2.25. The number of aromatic amines is 1. The highest BCUT2D eigenvalue weighted by atomic mass is 16.4. The SMILES string of the molecule is C[C@H]1CCc2c(ccc3c2nc(Cc2cnc4cc[nH]c4n2)n3[C@@H]2CCC[C@@H](C(=O)O)C2)N1. The molecule has 0 radical (unpaired) electrons. The summed E-state index contributed by atoms with van der Waals surface area (Å²) in [5, 5.41) is 13.3. The van der Waals surface area contributed by atoms with E-state index in [0.717, 1.165) is 71.5 Å². The van der Waals surface area contributed by atoms with Crippen LogP contribution in [0, 0.1) is 5.92 Å². The minimum absolute atomic E-state index is 0.121. The molecule has 0 bridgehead atoms. The number of rotatable bonds is 4. The molecule has 3 atom stereocenters. The number of aromatic nitrogens is 5. The molecule has 4 aromatic rings. The van der Waals surface area contributed by atoms with Crippen LogP contribution in [0.25, 0.3) is 22.2 Å². The van der Waals surface area contributed by atoms with E-state index >= 15 is 0 Å². The van der Waals surface area contributed by atoms with Crippen molar-refractivity contribution in [2.24, 2.45) is 5.92 Å². The predicted molar refractivity (Wildman–Crippen MR) is 126 cm³/mol. The molecule has 0 saturated heterocycles. The first-order valence-corrected chi connectivity index (χ1v) is 11.9. The van der Waals surface area contributed by atoms with Crippen LogP contribution < -0.4 is 5.32 Å². The Kier molecular flexibility index (Phi) is 4.81. The fourth-order valence-electron chi connectivity index (χ4n) is 5.62. The molecule has 1 aromatic carbocycles. The number of anilines is 1. The number of benzene rings is 1. The second-order valence-electron chi connectivity index (χ2n) is 9.55. The van der Waals surface area contributed by atoms with Crippen LogP contribution in [-0.2, 0) is 17.6 Å². The highest BCUT2D eigenvalue weighted by Crippen LogP contribution is 2.39.